The molecule has 0 fully saturated rings. The van der Waals surface area contributed by atoms with Gasteiger partial charge in [-0.3, -0.25) is 0 Å². The Morgan fingerprint density at radius 3 is 2.46 bits per heavy atom. The summed E-state index contributed by atoms with van der Waals surface area (Å²) in [5.41, 5.74) is 3.15. The van der Waals surface area contributed by atoms with Crippen molar-refractivity contribution in [2.24, 2.45) is 0 Å². The molecule has 2 aromatic carbocycles. The first kappa shape index (κ1) is 20.1. The Morgan fingerprint density at radius 1 is 0.893 bits per heavy atom. The van der Waals surface area contributed by atoms with Crippen LogP contribution in [0.1, 0.15) is 5.56 Å². The standard InChI is InChI=1S/C22H26ClN5/c1-28(2)14-13-24-21-16-20(18-8-4-3-5-9-18)26-22(27-21)25-12-11-17-7-6-10-19(23)15-17/h3-10,15-16H,11-14H2,1-2H3,(H2,24,25,26,27). The van der Waals surface area contributed by atoms with E-state index < -0.39 is 0 Å². The molecular weight excluding hydrogens is 370 g/mol. The van der Waals surface area contributed by atoms with Crippen molar-refractivity contribution in [3.8, 4) is 11.3 Å². The van der Waals surface area contributed by atoms with Gasteiger partial charge in [0.15, 0.2) is 0 Å². The summed E-state index contributed by atoms with van der Waals surface area (Å²) in [6.07, 6.45) is 0.850. The molecule has 3 aromatic rings. The fourth-order valence-corrected chi connectivity index (χ4v) is 3.01. The molecular formula is C22H26ClN5. The van der Waals surface area contributed by atoms with Crippen molar-refractivity contribution < 1.29 is 0 Å². The van der Waals surface area contributed by atoms with Crippen molar-refractivity contribution >= 4 is 23.4 Å². The molecule has 0 radical (unpaired) electrons. The molecule has 0 amide bonds. The zero-order chi connectivity index (χ0) is 19.8. The van der Waals surface area contributed by atoms with Crippen LogP contribution in [0.25, 0.3) is 11.3 Å². The lowest BCUT2D eigenvalue weighted by atomic mass is 10.1. The van der Waals surface area contributed by atoms with E-state index in [1.807, 2.05) is 42.5 Å². The van der Waals surface area contributed by atoms with Gasteiger partial charge in [0.05, 0.1) is 5.69 Å². The normalized spacial score (nSPS) is 10.9. The van der Waals surface area contributed by atoms with Crippen LogP contribution in [0.4, 0.5) is 11.8 Å². The van der Waals surface area contributed by atoms with Crippen LogP contribution in [0, 0.1) is 0 Å². The Balaban J connectivity index is 1.72. The molecule has 0 saturated carbocycles. The van der Waals surface area contributed by atoms with Gasteiger partial charge in [0, 0.05) is 36.3 Å². The van der Waals surface area contributed by atoms with Crippen LogP contribution < -0.4 is 10.6 Å². The number of halogens is 1. The van der Waals surface area contributed by atoms with Crippen molar-refractivity contribution in [2.45, 2.75) is 6.42 Å². The molecule has 0 atom stereocenters. The highest BCUT2D eigenvalue weighted by Crippen LogP contribution is 2.21. The van der Waals surface area contributed by atoms with E-state index in [4.69, 9.17) is 16.6 Å². The van der Waals surface area contributed by atoms with E-state index in [1.54, 1.807) is 0 Å². The Morgan fingerprint density at radius 2 is 1.71 bits per heavy atom. The topological polar surface area (TPSA) is 53.1 Å². The van der Waals surface area contributed by atoms with Gasteiger partial charge in [0.1, 0.15) is 5.82 Å². The molecule has 146 valence electrons. The number of anilines is 2. The molecule has 1 heterocycles. The van der Waals surface area contributed by atoms with Gasteiger partial charge < -0.3 is 15.5 Å². The number of benzene rings is 2. The fourth-order valence-electron chi connectivity index (χ4n) is 2.79. The number of nitrogens with zero attached hydrogens (tertiary/aromatic N) is 3. The lowest BCUT2D eigenvalue weighted by Gasteiger charge is -2.13. The van der Waals surface area contributed by atoms with E-state index in [2.05, 4.69) is 52.8 Å². The van der Waals surface area contributed by atoms with Crippen LogP contribution in [0.2, 0.25) is 5.02 Å². The molecule has 5 nitrogen and oxygen atoms in total. The SMILES string of the molecule is CN(C)CCNc1cc(-c2ccccc2)nc(NCCc2cccc(Cl)c2)n1. The van der Waals surface area contributed by atoms with Crippen LogP contribution in [0.5, 0.6) is 0 Å². The lowest BCUT2D eigenvalue weighted by molar-refractivity contribution is 0.425. The minimum atomic E-state index is 0.621. The van der Waals surface area contributed by atoms with Gasteiger partial charge in [-0.25, -0.2) is 4.98 Å². The van der Waals surface area contributed by atoms with E-state index >= 15 is 0 Å². The van der Waals surface area contributed by atoms with E-state index in [-0.39, 0.29) is 0 Å². The third kappa shape index (κ3) is 6.22. The quantitative estimate of drug-likeness (QED) is 0.561. The lowest BCUT2D eigenvalue weighted by Crippen LogP contribution is -2.21. The minimum Gasteiger partial charge on any atom is -0.369 e. The predicted molar refractivity (Wildman–Crippen MR) is 118 cm³/mol. The fraction of sp³-hybridized carbons (Fsp3) is 0.273. The van der Waals surface area contributed by atoms with E-state index in [0.29, 0.717) is 5.95 Å². The van der Waals surface area contributed by atoms with Gasteiger partial charge >= 0.3 is 0 Å². The van der Waals surface area contributed by atoms with Gasteiger partial charge in [0.25, 0.3) is 0 Å². The molecule has 0 bridgehead atoms. The summed E-state index contributed by atoms with van der Waals surface area (Å²) in [6, 6.07) is 20.1. The third-order valence-electron chi connectivity index (χ3n) is 4.25. The Bertz CT molecular complexity index is 883. The van der Waals surface area contributed by atoms with Crippen molar-refractivity contribution in [2.75, 3.05) is 44.4 Å². The summed E-state index contributed by atoms with van der Waals surface area (Å²) in [5, 5.41) is 7.50. The Kier molecular flexibility index (Phi) is 7.23. The molecule has 0 aliphatic carbocycles. The minimum absolute atomic E-state index is 0.621. The molecule has 0 spiro atoms. The number of rotatable bonds is 9. The number of nitrogens with one attached hydrogen (secondary N) is 2. The molecule has 1 aromatic heterocycles. The van der Waals surface area contributed by atoms with Crippen LogP contribution in [-0.2, 0) is 6.42 Å². The first-order chi connectivity index (χ1) is 13.6. The maximum absolute atomic E-state index is 6.06. The van der Waals surface area contributed by atoms with Gasteiger partial charge in [-0.15, -0.1) is 0 Å². The number of hydrogen-bond donors (Lipinski definition) is 2. The van der Waals surface area contributed by atoms with Crippen LogP contribution >= 0.6 is 11.6 Å². The average Bonchev–Trinajstić information content (AvgIpc) is 2.68. The second-order valence-electron chi connectivity index (χ2n) is 6.86. The van der Waals surface area contributed by atoms with Gasteiger partial charge in [-0.2, -0.15) is 4.98 Å². The largest absolute Gasteiger partial charge is 0.369 e. The Labute approximate surface area is 171 Å². The van der Waals surface area contributed by atoms with Crippen molar-refractivity contribution in [1.82, 2.24) is 14.9 Å². The first-order valence-corrected chi connectivity index (χ1v) is 9.79. The molecule has 3 rings (SSSR count). The average molecular weight is 396 g/mol. The van der Waals surface area contributed by atoms with Crippen molar-refractivity contribution in [3.63, 3.8) is 0 Å². The molecule has 6 heteroatoms. The summed E-state index contributed by atoms with van der Waals surface area (Å²) >= 11 is 6.06. The molecule has 2 N–H and O–H groups in total. The highest BCUT2D eigenvalue weighted by molar-refractivity contribution is 6.30. The van der Waals surface area contributed by atoms with Crippen LogP contribution in [-0.4, -0.2) is 48.6 Å². The molecule has 0 unspecified atom stereocenters. The van der Waals surface area contributed by atoms with E-state index in [1.165, 1.54) is 5.56 Å². The molecule has 0 aliphatic rings. The maximum atomic E-state index is 6.06. The van der Waals surface area contributed by atoms with Gasteiger partial charge in [-0.05, 0) is 38.2 Å². The first-order valence-electron chi connectivity index (χ1n) is 9.41. The second-order valence-corrected chi connectivity index (χ2v) is 7.30. The van der Waals surface area contributed by atoms with E-state index in [0.717, 1.165) is 48.2 Å². The Hall–Kier alpha value is -2.63. The highest BCUT2D eigenvalue weighted by Gasteiger charge is 2.07. The van der Waals surface area contributed by atoms with Crippen LogP contribution in [0.3, 0.4) is 0 Å². The zero-order valence-electron chi connectivity index (χ0n) is 16.3. The molecule has 0 aliphatic heterocycles. The van der Waals surface area contributed by atoms with Crippen molar-refractivity contribution in [1.29, 1.82) is 0 Å². The summed E-state index contributed by atoms with van der Waals surface area (Å²) < 4.78 is 0. The monoisotopic (exact) mass is 395 g/mol. The summed E-state index contributed by atoms with van der Waals surface area (Å²) in [4.78, 5) is 11.5. The molecule has 28 heavy (non-hydrogen) atoms. The smallest absolute Gasteiger partial charge is 0.225 e. The highest BCUT2D eigenvalue weighted by atomic mass is 35.5. The van der Waals surface area contributed by atoms with Crippen molar-refractivity contribution in [3.05, 3.63) is 71.2 Å². The van der Waals surface area contributed by atoms with E-state index in [9.17, 15) is 0 Å². The number of hydrogen-bond acceptors (Lipinski definition) is 5. The van der Waals surface area contributed by atoms with Crippen LogP contribution in [0.15, 0.2) is 60.7 Å². The third-order valence-corrected chi connectivity index (χ3v) is 4.48. The second kappa shape index (κ2) is 10.1. The zero-order valence-corrected chi connectivity index (χ0v) is 17.1. The number of aromatic nitrogens is 2. The molecule has 0 saturated heterocycles. The van der Waals surface area contributed by atoms with Gasteiger partial charge in [-0.1, -0.05) is 54.1 Å². The summed E-state index contributed by atoms with van der Waals surface area (Å²) in [5.74, 6) is 1.44. The van der Waals surface area contributed by atoms with Gasteiger partial charge in [0.2, 0.25) is 5.95 Å². The summed E-state index contributed by atoms with van der Waals surface area (Å²) in [7, 11) is 4.11. The number of likely N-dealkylation sites (N-methyl/N-ethyl adjacent to an activating group) is 1. The maximum Gasteiger partial charge on any atom is 0.225 e. The summed E-state index contributed by atoms with van der Waals surface area (Å²) in [6.45, 7) is 2.48. The predicted octanol–water partition coefficient (Wildman–Crippen LogP) is 4.43.